The van der Waals surface area contributed by atoms with Crippen molar-refractivity contribution in [2.45, 2.75) is 36.5 Å². The van der Waals surface area contributed by atoms with E-state index >= 15 is 0 Å². The van der Waals surface area contributed by atoms with Gasteiger partial charge in [-0.05, 0) is 47.7 Å². The highest BCUT2D eigenvalue weighted by molar-refractivity contribution is 7.90. The third-order valence-corrected chi connectivity index (χ3v) is 6.68. The Kier molecular flexibility index (Phi) is 4.20. The van der Waals surface area contributed by atoms with Crippen LogP contribution in [0.4, 0.5) is 4.39 Å². The predicted octanol–water partition coefficient (Wildman–Crippen LogP) is 3.34. The van der Waals surface area contributed by atoms with Gasteiger partial charge in [0.05, 0.1) is 16.5 Å². The molecule has 0 amide bonds. The Morgan fingerprint density at radius 3 is 2.54 bits per heavy atom. The lowest BCUT2D eigenvalue weighted by molar-refractivity contribution is 0.0966. The van der Waals surface area contributed by atoms with Crippen LogP contribution in [-0.4, -0.2) is 26.2 Å². The largest absolute Gasteiger partial charge is 0.294 e. The molecule has 5 nitrogen and oxygen atoms in total. The van der Waals surface area contributed by atoms with Gasteiger partial charge in [-0.3, -0.25) is 9.59 Å². The van der Waals surface area contributed by atoms with Crippen LogP contribution < -0.4 is 0 Å². The molecule has 0 spiro atoms. The summed E-state index contributed by atoms with van der Waals surface area (Å²) in [5.41, 5.74) is 2.38. The van der Waals surface area contributed by atoms with Gasteiger partial charge in [0.25, 0.3) is 0 Å². The van der Waals surface area contributed by atoms with Crippen molar-refractivity contribution in [2.24, 2.45) is 0 Å². The summed E-state index contributed by atoms with van der Waals surface area (Å²) < 4.78 is 38.1. The molecule has 0 aliphatic heterocycles. The lowest BCUT2D eigenvalue weighted by Gasteiger charge is -2.28. The minimum absolute atomic E-state index is 0.0143. The number of Topliss-reactive ketones (excluding diaryl/α,β-unsaturated/α-hetero) is 2. The van der Waals surface area contributed by atoms with E-state index in [0.717, 1.165) is 24.0 Å². The first-order valence-corrected chi connectivity index (χ1v) is 10.8. The average Bonchev–Trinajstić information content (AvgIpc) is 3.02. The second-order valence-electron chi connectivity index (χ2n) is 7.24. The van der Waals surface area contributed by atoms with E-state index in [-0.39, 0.29) is 51.9 Å². The molecule has 2 aromatic carbocycles. The van der Waals surface area contributed by atoms with Gasteiger partial charge >= 0.3 is 0 Å². The molecule has 2 aliphatic rings. The number of carbonyl (C=O) groups excluding carboxylic acids is 2. The van der Waals surface area contributed by atoms with Gasteiger partial charge in [-0.15, -0.1) is 0 Å². The third-order valence-electron chi connectivity index (χ3n) is 5.54. The number of sulfone groups is 1. The maximum Gasteiger partial charge on any atom is 0.176 e. The number of benzene rings is 2. The number of fused-ring (bicyclic) bond motifs is 2. The molecule has 0 saturated heterocycles. The van der Waals surface area contributed by atoms with Crippen molar-refractivity contribution < 1.29 is 22.4 Å². The van der Waals surface area contributed by atoms with Gasteiger partial charge in [-0.1, -0.05) is 6.07 Å². The Balaban J connectivity index is 1.99. The summed E-state index contributed by atoms with van der Waals surface area (Å²) in [6, 6.07) is 7.34. The van der Waals surface area contributed by atoms with Crippen LogP contribution in [0.25, 0.3) is 0 Å². The number of rotatable bonds is 2. The van der Waals surface area contributed by atoms with E-state index in [1.54, 1.807) is 6.07 Å². The van der Waals surface area contributed by atoms with Crippen LogP contribution in [-0.2, 0) is 16.3 Å². The van der Waals surface area contributed by atoms with Crippen LogP contribution >= 0.6 is 0 Å². The molecule has 0 N–H and O–H groups in total. The van der Waals surface area contributed by atoms with Crippen LogP contribution in [0.1, 0.15) is 68.2 Å². The Bertz CT molecular complexity index is 1210. The van der Waals surface area contributed by atoms with E-state index in [9.17, 15) is 27.7 Å². The monoisotopic (exact) mass is 397 g/mol. The molecule has 28 heavy (non-hydrogen) atoms. The minimum atomic E-state index is -3.57. The first kappa shape index (κ1) is 18.5. The van der Waals surface area contributed by atoms with Crippen molar-refractivity contribution in [3.8, 4) is 6.07 Å². The second kappa shape index (κ2) is 6.35. The van der Waals surface area contributed by atoms with Crippen molar-refractivity contribution in [1.29, 1.82) is 5.26 Å². The van der Waals surface area contributed by atoms with E-state index in [1.807, 2.05) is 6.07 Å². The van der Waals surface area contributed by atoms with Crippen LogP contribution in [0, 0.1) is 17.1 Å². The molecule has 0 aromatic heterocycles. The fraction of sp³-hybridized carbons (Fsp3) is 0.286. The number of hydrogen-bond acceptors (Lipinski definition) is 5. The number of carbonyl (C=O) groups is 2. The van der Waals surface area contributed by atoms with E-state index in [4.69, 9.17) is 0 Å². The molecule has 2 aliphatic carbocycles. The second-order valence-corrected chi connectivity index (χ2v) is 9.23. The van der Waals surface area contributed by atoms with Crippen LogP contribution in [0.3, 0.4) is 0 Å². The molecule has 0 fully saturated rings. The summed E-state index contributed by atoms with van der Waals surface area (Å²) in [5, 5.41) is 9.49. The van der Waals surface area contributed by atoms with Crippen LogP contribution in [0.2, 0.25) is 0 Å². The molecule has 0 heterocycles. The first-order chi connectivity index (χ1) is 13.2. The number of halogens is 1. The Morgan fingerprint density at radius 1 is 1.11 bits per heavy atom. The summed E-state index contributed by atoms with van der Waals surface area (Å²) in [7, 11) is -3.57. The van der Waals surface area contributed by atoms with E-state index < -0.39 is 15.7 Å². The van der Waals surface area contributed by atoms with Crippen molar-refractivity contribution in [3.63, 3.8) is 0 Å². The third kappa shape index (κ3) is 2.76. The van der Waals surface area contributed by atoms with Gasteiger partial charge in [-0.25, -0.2) is 12.8 Å². The van der Waals surface area contributed by atoms with Crippen LogP contribution in [0.5, 0.6) is 0 Å². The van der Waals surface area contributed by atoms with Gasteiger partial charge in [0.1, 0.15) is 5.82 Å². The molecular weight excluding hydrogens is 381 g/mol. The van der Waals surface area contributed by atoms with Gasteiger partial charge in [0.15, 0.2) is 21.4 Å². The van der Waals surface area contributed by atoms with Gasteiger partial charge in [0.2, 0.25) is 0 Å². The van der Waals surface area contributed by atoms with Crippen molar-refractivity contribution >= 4 is 21.4 Å². The Labute approximate surface area is 161 Å². The van der Waals surface area contributed by atoms with E-state index in [2.05, 4.69) is 0 Å². The zero-order valence-corrected chi connectivity index (χ0v) is 15.9. The quantitative estimate of drug-likeness (QED) is 0.775. The van der Waals surface area contributed by atoms with E-state index in [1.165, 1.54) is 6.07 Å². The molecule has 142 valence electrons. The summed E-state index contributed by atoms with van der Waals surface area (Å²) >= 11 is 0. The minimum Gasteiger partial charge on any atom is -0.294 e. The fourth-order valence-corrected chi connectivity index (χ4v) is 5.32. The molecule has 7 heteroatoms. The summed E-state index contributed by atoms with van der Waals surface area (Å²) in [5.74, 6) is -1.44. The van der Waals surface area contributed by atoms with Crippen molar-refractivity contribution in [3.05, 3.63) is 63.5 Å². The summed E-state index contributed by atoms with van der Waals surface area (Å²) in [4.78, 5) is 24.8. The normalized spacial score (nSPS) is 18.5. The van der Waals surface area contributed by atoms with Crippen LogP contribution in [0.15, 0.2) is 29.2 Å². The molecule has 4 rings (SSSR count). The van der Waals surface area contributed by atoms with Gasteiger partial charge in [0, 0.05) is 36.1 Å². The molecule has 0 radical (unpaired) electrons. The van der Waals surface area contributed by atoms with Crippen molar-refractivity contribution in [1.82, 2.24) is 0 Å². The highest BCUT2D eigenvalue weighted by Gasteiger charge is 2.35. The maximum atomic E-state index is 13.9. The maximum absolute atomic E-state index is 13.9. The van der Waals surface area contributed by atoms with Crippen molar-refractivity contribution in [2.75, 3.05) is 6.26 Å². The number of hydrogen-bond donors (Lipinski definition) is 0. The molecule has 0 unspecified atom stereocenters. The lowest BCUT2D eigenvalue weighted by atomic mass is 9.74. The summed E-state index contributed by atoms with van der Waals surface area (Å²) in [6.45, 7) is 0. The molecule has 0 bridgehead atoms. The van der Waals surface area contributed by atoms with E-state index in [0.29, 0.717) is 24.0 Å². The Morgan fingerprint density at radius 2 is 1.86 bits per heavy atom. The number of nitriles is 1. The first-order valence-electron chi connectivity index (χ1n) is 8.88. The lowest BCUT2D eigenvalue weighted by Crippen LogP contribution is -2.20. The molecule has 0 saturated carbocycles. The van der Waals surface area contributed by atoms with Gasteiger partial charge in [-0.2, -0.15) is 5.26 Å². The zero-order valence-electron chi connectivity index (χ0n) is 15.1. The number of nitrogens with zero attached hydrogens (tertiary/aromatic N) is 1. The highest BCUT2D eigenvalue weighted by Crippen LogP contribution is 2.43. The SMILES string of the molecule is CS(=O)(=O)c1ccc([C@H]2CCC(=O)c3cc(F)cc(C#N)c32)c2c1C(=O)CC2. The molecule has 2 aromatic rings. The molecule has 1 atom stereocenters. The zero-order chi connectivity index (χ0) is 20.2. The van der Waals surface area contributed by atoms with Gasteiger partial charge < -0.3 is 0 Å². The summed E-state index contributed by atoms with van der Waals surface area (Å²) in [6.07, 6.45) is 2.32. The molecular formula is C21H16FNO4S. The number of ketones is 2. The topological polar surface area (TPSA) is 92.1 Å². The predicted molar refractivity (Wildman–Crippen MR) is 98.7 cm³/mol. The standard InChI is InChI=1S/C21H16FNO4S/c1-28(26,27)19-7-4-13(15-3-6-18(25)21(15)19)14-2-5-17(24)16-9-12(22)8-11(10-23)20(14)16/h4,7-9,14H,2-3,5-6H2,1H3/t14-/m1/s1. The smallest absolute Gasteiger partial charge is 0.176 e. The highest BCUT2D eigenvalue weighted by atomic mass is 32.2. The Hall–Kier alpha value is -2.85. The average molecular weight is 397 g/mol. The fourth-order valence-electron chi connectivity index (χ4n) is 4.40.